The van der Waals surface area contributed by atoms with Gasteiger partial charge in [0.15, 0.2) is 0 Å². The summed E-state index contributed by atoms with van der Waals surface area (Å²) in [5.41, 5.74) is 13.6. The molecule has 0 spiro atoms. The topological polar surface area (TPSA) is 104 Å². The molecule has 0 saturated carbocycles. The van der Waals surface area contributed by atoms with Crippen LogP contribution in [0.25, 0.3) is 16.8 Å². The molecule has 0 unspecified atom stereocenters. The first kappa shape index (κ1) is 21.7. The smallest absolute Gasteiger partial charge is 0.241 e. The van der Waals surface area contributed by atoms with Gasteiger partial charge in [0.1, 0.15) is 5.75 Å². The zero-order valence-corrected chi connectivity index (χ0v) is 18.4. The Kier molecular flexibility index (Phi) is 6.82. The summed E-state index contributed by atoms with van der Waals surface area (Å²) < 4.78 is 12.6. The number of halogens is 2. The van der Waals surface area contributed by atoms with E-state index in [9.17, 15) is 0 Å². The van der Waals surface area contributed by atoms with Crippen molar-refractivity contribution in [1.82, 2.24) is 19.7 Å². The first-order valence-corrected chi connectivity index (χ1v) is 10.8. The molecule has 3 aromatic rings. The van der Waals surface area contributed by atoms with Gasteiger partial charge in [-0.25, -0.2) is 0 Å². The highest BCUT2D eigenvalue weighted by molar-refractivity contribution is 6.39. The maximum atomic E-state index is 6.53. The first-order chi connectivity index (χ1) is 15.0. The summed E-state index contributed by atoms with van der Waals surface area (Å²) in [5, 5.41) is 4.99. The number of nitrogens with zero attached hydrogens (tertiary/aromatic N) is 4. The van der Waals surface area contributed by atoms with Crippen LogP contribution in [0.2, 0.25) is 10.0 Å². The van der Waals surface area contributed by atoms with E-state index in [1.807, 2.05) is 24.3 Å². The van der Waals surface area contributed by atoms with E-state index in [1.54, 1.807) is 12.1 Å². The molecule has 31 heavy (non-hydrogen) atoms. The highest BCUT2D eigenvalue weighted by atomic mass is 35.5. The van der Waals surface area contributed by atoms with Gasteiger partial charge in [0, 0.05) is 25.2 Å². The maximum absolute atomic E-state index is 6.53. The molecule has 1 aliphatic rings. The van der Waals surface area contributed by atoms with E-state index in [1.165, 1.54) is 4.68 Å². The SMILES string of the molecule is Nc1nc(N)n(-c2cc(Cl)c(-c3ccc(OCCCN4CCOCC4)cc3)c(Cl)c2)n1. The van der Waals surface area contributed by atoms with Gasteiger partial charge in [-0.2, -0.15) is 9.67 Å². The number of hydrogen-bond donors (Lipinski definition) is 2. The van der Waals surface area contributed by atoms with Crippen LogP contribution in [0.5, 0.6) is 5.75 Å². The molecule has 8 nitrogen and oxygen atoms in total. The van der Waals surface area contributed by atoms with Crippen LogP contribution in [0, 0.1) is 0 Å². The van der Waals surface area contributed by atoms with Crippen LogP contribution in [0.4, 0.5) is 11.9 Å². The Balaban J connectivity index is 1.40. The number of nitrogens with two attached hydrogens (primary N) is 2. The van der Waals surface area contributed by atoms with Gasteiger partial charge in [-0.05, 0) is 36.2 Å². The van der Waals surface area contributed by atoms with Crippen molar-refractivity contribution in [2.75, 3.05) is 50.9 Å². The normalized spacial score (nSPS) is 14.6. The third-order valence-corrected chi connectivity index (χ3v) is 5.65. The predicted octanol–water partition coefficient (Wildman–Crippen LogP) is 3.51. The average molecular weight is 463 g/mol. The molecule has 2 heterocycles. The summed E-state index contributed by atoms with van der Waals surface area (Å²) in [6.07, 6.45) is 0.969. The Bertz CT molecular complexity index is 1010. The number of aromatic nitrogens is 3. The standard InChI is InChI=1S/C21H24Cl2N6O2/c22-17-12-15(29-21(25)26-20(24)27-29)13-18(23)19(17)14-2-4-16(5-3-14)31-9-1-6-28-7-10-30-11-8-28/h2-5,12-13H,1,6-11H2,(H4,24,25,26,27). The molecule has 2 aromatic carbocycles. The summed E-state index contributed by atoms with van der Waals surface area (Å²) in [6.45, 7) is 5.29. The number of morpholine rings is 1. The van der Waals surface area contributed by atoms with Crippen LogP contribution in [-0.4, -0.2) is 59.1 Å². The van der Waals surface area contributed by atoms with Crippen LogP contribution in [0.1, 0.15) is 6.42 Å². The molecular formula is C21H24Cl2N6O2. The van der Waals surface area contributed by atoms with Crippen molar-refractivity contribution in [3.63, 3.8) is 0 Å². The van der Waals surface area contributed by atoms with E-state index >= 15 is 0 Å². The molecule has 10 heteroatoms. The molecule has 1 aromatic heterocycles. The first-order valence-electron chi connectivity index (χ1n) is 10.0. The number of nitrogen functional groups attached to an aromatic ring is 2. The molecular weight excluding hydrogens is 439 g/mol. The Morgan fingerprint density at radius 3 is 2.32 bits per heavy atom. The Labute approximate surface area is 190 Å². The fourth-order valence-corrected chi connectivity index (χ4v) is 4.20. The molecule has 164 valence electrons. The molecule has 4 N–H and O–H groups in total. The lowest BCUT2D eigenvalue weighted by Gasteiger charge is -2.26. The van der Waals surface area contributed by atoms with Crippen LogP contribution in [-0.2, 0) is 4.74 Å². The number of benzene rings is 2. The summed E-state index contributed by atoms with van der Waals surface area (Å²) in [7, 11) is 0. The Morgan fingerprint density at radius 1 is 1.03 bits per heavy atom. The third-order valence-electron chi connectivity index (χ3n) is 5.05. The summed E-state index contributed by atoms with van der Waals surface area (Å²) in [4.78, 5) is 6.29. The van der Waals surface area contributed by atoms with Gasteiger partial charge in [-0.15, -0.1) is 5.10 Å². The minimum atomic E-state index is 0.0781. The quantitative estimate of drug-likeness (QED) is 0.517. The molecule has 0 amide bonds. The van der Waals surface area contributed by atoms with Gasteiger partial charge in [0.25, 0.3) is 0 Å². The fourth-order valence-electron chi connectivity index (χ4n) is 3.51. The highest BCUT2D eigenvalue weighted by Crippen LogP contribution is 2.37. The van der Waals surface area contributed by atoms with Crippen molar-refractivity contribution >= 4 is 35.1 Å². The lowest BCUT2D eigenvalue weighted by atomic mass is 10.0. The molecule has 0 radical (unpaired) electrons. The van der Waals surface area contributed by atoms with E-state index in [0.29, 0.717) is 22.3 Å². The molecule has 0 atom stereocenters. The lowest BCUT2D eigenvalue weighted by Crippen LogP contribution is -2.37. The van der Waals surface area contributed by atoms with Gasteiger partial charge in [0.05, 0.1) is 35.6 Å². The van der Waals surface area contributed by atoms with E-state index in [0.717, 1.165) is 56.1 Å². The molecule has 1 saturated heterocycles. The number of anilines is 2. The van der Waals surface area contributed by atoms with E-state index < -0.39 is 0 Å². The average Bonchev–Trinajstić information content (AvgIpc) is 3.10. The molecule has 0 bridgehead atoms. The van der Waals surface area contributed by atoms with Gasteiger partial charge < -0.3 is 20.9 Å². The van der Waals surface area contributed by atoms with Gasteiger partial charge in [0.2, 0.25) is 11.9 Å². The van der Waals surface area contributed by atoms with Crippen LogP contribution in [0.3, 0.4) is 0 Å². The van der Waals surface area contributed by atoms with Gasteiger partial charge in [-0.3, -0.25) is 4.90 Å². The summed E-state index contributed by atoms with van der Waals surface area (Å²) in [6, 6.07) is 11.2. The van der Waals surface area contributed by atoms with Crippen molar-refractivity contribution in [3.05, 3.63) is 46.4 Å². The van der Waals surface area contributed by atoms with Gasteiger partial charge in [-0.1, -0.05) is 35.3 Å². The minimum absolute atomic E-state index is 0.0781. The number of ether oxygens (including phenoxy) is 2. The van der Waals surface area contributed by atoms with Crippen molar-refractivity contribution in [2.24, 2.45) is 0 Å². The number of rotatable bonds is 7. The van der Waals surface area contributed by atoms with Crippen molar-refractivity contribution in [1.29, 1.82) is 0 Å². The van der Waals surface area contributed by atoms with Crippen molar-refractivity contribution in [3.8, 4) is 22.6 Å². The zero-order valence-electron chi connectivity index (χ0n) is 16.9. The third kappa shape index (κ3) is 5.22. The van der Waals surface area contributed by atoms with Crippen LogP contribution in [0.15, 0.2) is 36.4 Å². The summed E-state index contributed by atoms with van der Waals surface area (Å²) in [5.74, 6) is 1.04. The molecule has 4 rings (SSSR count). The number of hydrogen-bond acceptors (Lipinski definition) is 7. The second-order valence-corrected chi connectivity index (χ2v) is 8.02. The predicted molar refractivity (Wildman–Crippen MR) is 123 cm³/mol. The van der Waals surface area contributed by atoms with E-state index in [2.05, 4.69) is 15.0 Å². The van der Waals surface area contributed by atoms with Crippen molar-refractivity contribution < 1.29 is 9.47 Å². The zero-order chi connectivity index (χ0) is 21.8. The van der Waals surface area contributed by atoms with Crippen molar-refractivity contribution in [2.45, 2.75) is 6.42 Å². The molecule has 1 fully saturated rings. The second-order valence-electron chi connectivity index (χ2n) is 7.20. The highest BCUT2D eigenvalue weighted by Gasteiger charge is 2.15. The monoisotopic (exact) mass is 462 g/mol. The van der Waals surface area contributed by atoms with Crippen LogP contribution < -0.4 is 16.2 Å². The van der Waals surface area contributed by atoms with Crippen LogP contribution >= 0.6 is 23.2 Å². The minimum Gasteiger partial charge on any atom is -0.494 e. The maximum Gasteiger partial charge on any atom is 0.241 e. The van der Waals surface area contributed by atoms with E-state index in [-0.39, 0.29) is 11.9 Å². The molecule has 1 aliphatic heterocycles. The Morgan fingerprint density at radius 2 is 1.71 bits per heavy atom. The second kappa shape index (κ2) is 9.74. The molecule has 0 aliphatic carbocycles. The largest absolute Gasteiger partial charge is 0.494 e. The fraction of sp³-hybridized carbons (Fsp3) is 0.333. The van der Waals surface area contributed by atoms with E-state index in [4.69, 9.17) is 44.1 Å². The van der Waals surface area contributed by atoms with Gasteiger partial charge >= 0.3 is 0 Å². The lowest BCUT2D eigenvalue weighted by molar-refractivity contribution is 0.0358. The summed E-state index contributed by atoms with van der Waals surface area (Å²) >= 11 is 13.1. The Hall–Kier alpha value is -2.52.